The van der Waals surface area contributed by atoms with Gasteiger partial charge in [-0.2, -0.15) is 0 Å². The first kappa shape index (κ1) is 26.8. The van der Waals surface area contributed by atoms with Crippen molar-refractivity contribution in [2.45, 2.75) is 6.92 Å². The molecule has 2 aromatic rings. The van der Waals surface area contributed by atoms with Crippen LogP contribution in [0.2, 0.25) is 50.2 Å². The molecule has 2 aromatic carbocycles. The molecule has 0 aliphatic rings. The molecule has 0 aliphatic heterocycles. The van der Waals surface area contributed by atoms with Crippen molar-refractivity contribution >= 4 is 134 Å². The van der Waals surface area contributed by atoms with Gasteiger partial charge in [-0.1, -0.05) is 123 Å². The molecule has 3 nitrogen and oxygen atoms in total. The molecule has 0 atom stereocenters. The van der Waals surface area contributed by atoms with Crippen LogP contribution in [0, 0.1) is 0 Å². The van der Waals surface area contributed by atoms with E-state index in [1.807, 2.05) is 0 Å². The van der Waals surface area contributed by atoms with Gasteiger partial charge >= 0.3 is 6.80 Å². The molecule has 15 heteroatoms. The van der Waals surface area contributed by atoms with Gasteiger partial charge in [0.15, 0.2) is 11.5 Å². The molecule has 0 heterocycles. The van der Waals surface area contributed by atoms with E-state index in [2.05, 4.69) is 0 Å². The highest BCUT2D eigenvalue weighted by Gasteiger charge is 2.35. The van der Waals surface area contributed by atoms with Gasteiger partial charge in [0.2, 0.25) is 0 Å². The zero-order chi connectivity index (χ0) is 22.3. The smallest absolute Gasteiger partial charge is 0.405 e. The van der Waals surface area contributed by atoms with Crippen LogP contribution in [-0.2, 0) is 4.57 Å². The van der Waals surface area contributed by atoms with Crippen molar-refractivity contribution in [2.24, 2.45) is 0 Å². The first-order valence-electron chi connectivity index (χ1n) is 7.02. The van der Waals surface area contributed by atoms with Crippen LogP contribution in [-0.4, -0.2) is 5.75 Å². The van der Waals surface area contributed by atoms with Gasteiger partial charge in [0.1, 0.15) is 20.1 Å². The third kappa shape index (κ3) is 5.54. The number of hydrogen-bond donors (Lipinski definition) is 0. The number of benzene rings is 2. The molecule has 0 saturated carbocycles. The largest absolute Gasteiger partial charge is 0.493 e. The van der Waals surface area contributed by atoms with Crippen molar-refractivity contribution in [1.29, 1.82) is 0 Å². The van der Waals surface area contributed by atoms with Crippen LogP contribution in [0.25, 0.3) is 0 Å². The molecule has 29 heavy (non-hydrogen) atoms. The fraction of sp³-hybridized carbons (Fsp3) is 0.143. The zero-order valence-corrected chi connectivity index (χ0v) is 22.8. The lowest BCUT2D eigenvalue weighted by molar-refractivity contribution is 0.408. The Hall–Kier alpha value is 1.52. The molecule has 0 radical (unpaired) electrons. The van der Waals surface area contributed by atoms with E-state index in [1.54, 1.807) is 6.92 Å². The minimum atomic E-state index is -4.12. The molecular formula is C14H5Cl10O3PS. The Morgan fingerprint density at radius 2 is 0.828 bits per heavy atom. The maximum atomic E-state index is 13.4. The van der Waals surface area contributed by atoms with Gasteiger partial charge in [0, 0.05) is 5.75 Å². The summed E-state index contributed by atoms with van der Waals surface area (Å²) in [5.41, 5.74) is 0. The monoisotopic (exact) mass is 634 g/mol. The molecule has 160 valence electrons. The molecule has 0 N–H and O–H groups in total. The summed E-state index contributed by atoms with van der Waals surface area (Å²) in [4.78, 5) is 0. The van der Waals surface area contributed by atoms with Crippen molar-refractivity contribution in [3.8, 4) is 11.5 Å². The second kappa shape index (κ2) is 10.6. The molecule has 0 aromatic heterocycles. The third-order valence-corrected chi connectivity index (χ3v) is 11.1. The molecule has 0 amide bonds. The maximum absolute atomic E-state index is 13.4. The first-order valence-corrected chi connectivity index (χ1v) is 13.9. The Morgan fingerprint density at radius 3 is 1.07 bits per heavy atom. The summed E-state index contributed by atoms with van der Waals surface area (Å²) in [6.45, 7) is -2.43. The lowest BCUT2D eigenvalue weighted by atomic mass is 10.3. The molecule has 0 aliphatic carbocycles. The quantitative estimate of drug-likeness (QED) is 0.179. The Labute approximate surface area is 220 Å². The average Bonchev–Trinajstić information content (AvgIpc) is 2.69. The third-order valence-electron chi connectivity index (χ3n) is 3.03. The van der Waals surface area contributed by atoms with Gasteiger partial charge in [-0.15, -0.1) is 0 Å². The van der Waals surface area contributed by atoms with Crippen LogP contribution in [0.1, 0.15) is 6.92 Å². The van der Waals surface area contributed by atoms with E-state index >= 15 is 0 Å². The highest BCUT2D eigenvalue weighted by molar-refractivity contribution is 8.55. The summed E-state index contributed by atoms with van der Waals surface area (Å²) in [6, 6.07) is 0. The molecule has 0 saturated heterocycles. The molecule has 0 spiro atoms. The molecular weight excluding hydrogens is 634 g/mol. The highest BCUT2D eigenvalue weighted by atomic mass is 35.5. The standard InChI is InChI=1S/C14H5Cl10O3PS/c1-2-29-28(25,26-13-9(21)5(17)3(15)6(18)10(13)22)27-14-11(23)7(19)4(16)8(20)12(14)24/h2H2,1H3. The maximum Gasteiger partial charge on any atom is 0.493 e. The second-order valence-electron chi connectivity index (χ2n) is 4.85. The van der Waals surface area contributed by atoms with Gasteiger partial charge in [-0.25, -0.2) is 4.57 Å². The van der Waals surface area contributed by atoms with Crippen molar-refractivity contribution in [3.05, 3.63) is 50.2 Å². The molecule has 0 fully saturated rings. The summed E-state index contributed by atoms with van der Waals surface area (Å²) in [6.07, 6.45) is 0. The number of rotatable bonds is 6. The van der Waals surface area contributed by atoms with E-state index in [9.17, 15) is 4.57 Å². The van der Waals surface area contributed by atoms with Gasteiger partial charge in [0.25, 0.3) is 0 Å². The van der Waals surface area contributed by atoms with Crippen molar-refractivity contribution in [3.63, 3.8) is 0 Å². The predicted octanol–water partition coefficient (Wildman–Crippen LogP) is 11.5. The van der Waals surface area contributed by atoms with Crippen molar-refractivity contribution < 1.29 is 13.6 Å². The number of hydrogen-bond acceptors (Lipinski definition) is 4. The summed E-state index contributed by atoms with van der Waals surface area (Å²) in [7, 11) is 0. The van der Waals surface area contributed by atoms with Crippen LogP contribution < -0.4 is 9.05 Å². The number of halogens is 10. The second-order valence-corrected chi connectivity index (χ2v) is 12.8. The minimum absolute atomic E-state index is 0.100. The van der Waals surface area contributed by atoms with Crippen LogP contribution in [0.3, 0.4) is 0 Å². The van der Waals surface area contributed by atoms with Gasteiger partial charge in [0.05, 0.1) is 30.1 Å². The Bertz CT molecular complexity index is 898. The van der Waals surface area contributed by atoms with Gasteiger partial charge in [-0.3, -0.25) is 0 Å². The first-order chi connectivity index (χ1) is 13.4. The summed E-state index contributed by atoms with van der Waals surface area (Å²) < 4.78 is 24.4. The van der Waals surface area contributed by atoms with E-state index in [1.165, 1.54) is 0 Å². The summed E-state index contributed by atoms with van der Waals surface area (Å²) in [5.74, 6) is -0.336. The van der Waals surface area contributed by atoms with Crippen LogP contribution >= 0.6 is 134 Å². The van der Waals surface area contributed by atoms with Crippen LogP contribution in [0.15, 0.2) is 0 Å². The molecule has 0 unspecified atom stereocenters. The Balaban J connectivity index is 2.61. The lowest BCUT2D eigenvalue weighted by Gasteiger charge is -2.22. The molecule has 0 bridgehead atoms. The van der Waals surface area contributed by atoms with Crippen LogP contribution in [0.5, 0.6) is 11.5 Å². The molecule has 2 rings (SSSR count). The van der Waals surface area contributed by atoms with E-state index < -0.39 is 6.80 Å². The normalized spacial score (nSPS) is 11.7. The summed E-state index contributed by atoms with van der Waals surface area (Å²) >= 11 is 61.3. The summed E-state index contributed by atoms with van der Waals surface area (Å²) in [5, 5.41) is -1.72. The van der Waals surface area contributed by atoms with E-state index in [-0.39, 0.29) is 67.5 Å². The van der Waals surface area contributed by atoms with Crippen molar-refractivity contribution in [2.75, 3.05) is 5.75 Å². The fourth-order valence-electron chi connectivity index (χ4n) is 1.78. The van der Waals surface area contributed by atoms with E-state index in [0.717, 1.165) is 11.4 Å². The minimum Gasteiger partial charge on any atom is -0.405 e. The van der Waals surface area contributed by atoms with Crippen molar-refractivity contribution in [1.82, 2.24) is 0 Å². The Kier molecular flexibility index (Phi) is 9.82. The van der Waals surface area contributed by atoms with Crippen LogP contribution in [0.4, 0.5) is 0 Å². The lowest BCUT2D eigenvalue weighted by Crippen LogP contribution is -2.01. The van der Waals surface area contributed by atoms with E-state index in [4.69, 9.17) is 125 Å². The zero-order valence-electron chi connectivity index (χ0n) is 13.6. The van der Waals surface area contributed by atoms with E-state index in [0.29, 0.717) is 0 Å². The van der Waals surface area contributed by atoms with Gasteiger partial charge < -0.3 is 9.05 Å². The Morgan fingerprint density at radius 1 is 0.586 bits per heavy atom. The van der Waals surface area contributed by atoms with Gasteiger partial charge in [-0.05, 0) is 11.4 Å². The topological polar surface area (TPSA) is 35.5 Å². The highest BCUT2D eigenvalue weighted by Crippen LogP contribution is 2.65. The SMILES string of the molecule is CCSP(=O)(Oc1c(Cl)c(Cl)c(Cl)c(Cl)c1Cl)Oc1c(Cl)c(Cl)c(Cl)c(Cl)c1Cl. The average molecular weight is 639 g/mol. The predicted molar refractivity (Wildman–Crippen MR) is 130 cm³/mol. The fourth-order valence-corrected chi connectivity index (χ4v) is 7.38.